The minimum atomic E-state index is -1.02. The monoisotopic (exact) mass is 438 g/mol. The van der Waals surface area contributed by atoms with E-state index in [9.17, 15) is 18.0 Å². The maximum absolute atomic E-state index is 14.4. The van der Waals surface area contributed by atoms with E-state index in [1.54, 1.807) is 19.0 Å². The Morgan fingerprint density at radius 1 is 1.23 bits per heavy atom. The molecule has 0 saturated carbocycles. The molecule has 0 saturated heterocycles. The molecule has 0 bridgehead atoms. The number of amidine groups is 1. The largest absolute Gasteiger partial charge is 0.466 e. The summed E-state index contributed by atoms with van der Waals surface area (Å²) in [6, 6.07) is 3.31. The predicted molar refractivity (Wildman–Crippen MR) is 106 cm³/mol. The molecule has 0 fully saturated rings. The van der Waals surface area contributed by atoms with Crippen molar-refractivity contribution in [3.63, 3.8) is 0 Å². The molecule has 1 aliphatic rings. The lowest BCUT2D eigenvalue weighted by Gasteiger charge is -2.29. The molecule has 0 spiro atoms. The number of ether oxygens (including phenoxy) is 1. The molecule has 1 aromatic heterocycles. The van der Waals surface area contributed by atoms with E-state index >= 15 is 0 Å². The highest BCUT2D eigenvalue weighted by Gasteiger charge is 2.34. The van der Waals surface area contributed by atoms with E-state index in [0.29, 0.717) is 17.3 Å². The molecule has 1 N–H and O–H groups in total. The number of carbonyl (C=O) groups excluding carboxylic acids is 1. The summed E-state index contributed by atoms with van der Waals surface area (Å²) in [5.41, 5.74) is 0.579. The van der Waals surface area contributed by atoms with Gasteiger partial charge in [-0.1, -0.05) is 17.7 Å². The molecule has 3 rings (SSSR count). The Morgan fingerprint density at radius 3 is 2.57 bits per heavy atom. The van der Waals surface area contributed by atoms with Gasteiger partial charge in [-0.2, -0.15) is 0 Å². The molecule has 158 valence electrons. The van der Waals surface area contributed by atoms with Gasteiger partial charge in [0.2, 0.25) is 0 Å². The van der Waals surface area contributed by atoms with Crippen molar-refractivity contribution in [3.8, 4) is 0 Å². The van der Waals surface area contributed by atoms with Gasteiger partial charge in [-0.25, -0.2) is 22.9 Å². The summed E-state index contributed by atoms with van der Waals surface area (Å²) in [7, 11) is 4.75. The van der Waals surface area contributed by atoms with E-state index in [4.69, 9.17) is 16.3 Å². The van der Waals surface area contributed by atoms with Crippen molar-refractivity contribution in [1.29, 1.82) is 0 Å². The smallest absolute Gasteiger partial charge is 0.338 e. The first-order valence-corrected chi connectivity index (χ1v) is 9.16. The second kappa shape index (κ2) is 8.85. The van der Waals surface area contributed by atoms with Crippen LogP contribution in [0, 0.1) is 17.5 Å². The molecular weight excluding hydrogens is 421 g/mol. The lowest BCUT2D eigenvalue weighted by Crippen LogP contribution is -2.38. The quantitative estimate of drug-likeness (QED) is 0.726. The molecule has 1 aromatic carbocycles. The molecule has 0 aliphatic carbocycles. The number of methoxy groups -OCH3 is 1. The van der Waals surface area contributed by atoms with Gasteiger partial charge < -0.3 is 15.0 Å². The molecule has 1 aliphatic heterocycles. The van der Waals surface area contributed by atoms with E-state index in [0.717, 1.165) is 12.3 Å². The number of carbonyl (C=O) groups is 1. The second-order valence-electron chi connectivity index (χ2n) is 6.78. The Labute approximate surface area is 176 Å². The fourth-order valence-electron chi connectivity index (χ4n) is 3.04. The highest BCUT2D eigenvalue weighted by Crippen LogP contribution is 2.36. The number of hydrogen-bond acceptors (Lipinski definition) is 6. The predicted octanol–water partition coefficient (Wildman–Crippen LogP) is 3.23. The second-order valence-corrected chi connectivity index (χ2v) is 7.18. The van der Waals surface area contributed by atoms with Crippen LogP contribution in [-0.4, -0.2) is 49.4 Å². The van der Waals surface area contributed by atoms with Crippen molar-refractivity contribution in [2.45, 2.75) is 6.04 Å². The Hall–Kier alpha value is -2.91. The molecule has 1 atom stereocenters. The third-order valence-corrected chi connectivity index (χ3v) is 4.62. The van der Waals surface area contributed by atoms with Crippen LogP contribution in [-0.2, 0) is 9.53 Å². The minimum Gasteiger partial charge on any atom is -0.466 e. The first-order chi connectivity index (χ1) is 14.2. The van der Waals surface area contributed by atoms with E-state index in [1.165, 1.54) is 19.2 Å². The van der Waals surface area contributed by atoms with Gasteiger partial charge in [0.1, 0.15) is 23.4 Å². The fourth-order valence-corrected chi connectivity index (χ4v) is 3.31. The van der Waals surface area contributed by atoms with Gasteiger partial charge in [0.25, 0.3) is 0 Å². The molecule has 30 heavy (non-hydrogen) atoms. The summed E-state index contributed by atoms with van der Waals surface area (Å²) in [6.45, 7) is 0.238. The number of nitrogens with one attached hydrogen (secondary N) is 1. The highest BCUT2D eigenvalue weighted by atomic mass is 35.5. The number of aromatic nitrogens is 1. The molecule has 2 heterocycles. The number of benzene rings is 1. The van der Waals surface area contributed by atoms with Crippen molar-refractivity contribution in [2.24, 2.45) is 4.99 Å². The number of nitrogens with zero attached hydrogens (tertiary/aromatic N) is 3. The minimum absolute atomic E-state index is 0.0256. The molecule has 2 aromatic rings. The van der Waals surface area contributed by atoms with Gasteiger partial charge in [-0.05, 0) is 26.2 Å². The number of esters is 1. The molecule has 1 unspecified atom stereocenters. The van der Waals surface area contributed by atoms with Crippen LogP contribution in [0.1, 0.15) is 17.3 Å². The van der Waals surface area contributed by atoms with Gasteiger partial charge in [-0.15, -0.1) is 0 Å². The summed E-state index contributed by atoms with van der Waals surface area (Å²) in [5, 5.41) is 2.93. The summed E-state index contributed by atoms with van der Waals surface area (Å²) in [6.07, 6.45) is 0.855. The van der Waals surface area contributed by atoms with Gasteiger partial charge in [0.05, 0.1) is 18.9 Å². The van der Waals surface area contributed by atoms with E-state index in [1.807, 2.05) is 0 Å². The van der Waals surface area contributed by atoms with Crippen molar-refractivity contribution in [2.75, 3.05) is 27.7 Å². The molecule has 0 amide bonds. The van der Waals surface area contributed by atoms with Crippen molar-refractivity contribution in [3.05, 3.63) is 75.5 Å². The van der Waals surface area contributed by atoms with Crippen LogP contribution in [0.3, 0.4) is 0 Å². The Morgan fingerprint density at radius 2 is 1.97 bits per heavy atom. The SMILES string of the molecule is COC(=O)C1=C(CN(C)C)NC(c2ncc(F)cc2F)=NC1c1ccc(F)cc1Cl. The number of likely N-dealkylation sites (N-methyl/N-ethyl adjacent to an activating group) is 1. The highest BCUT2D eigenvalue weighted by molar-refractivity contribution is 6.31. The van der Waals surface area contributed by atoms with Crippen LogP contribution in [0.2, 0.25) is 5.02 Å². The Bertz CT molecular complexity index is 1060. The number of hydrogen-bond donors (Lipinski definition) is 1. The molecular formula is C20H18ClF3N4O2. The Balaban J connectivity index is 2.23. The normalized spacial score (nSPS) is 16.4. The first-order valence-electron chi connectivity index (χ1n) is 8.78. The number of rotatable bonds is 5. The fraction of sp³-hybridized carbons (Fsp3) is 0.250. The molecule has 10 heteroatoms. The molecule has 6 nitrogen and oxygen atoms in total. The molecule has 0 radical (unpaired) electrons. The van der Waals surface area contributed by atoms with Crippen LogP contribution in [0.15, 0.2) is 46.7 Å². The summed E-state index contributed by atoms with van der Waals surface area (Å²) < 4.78 is 46.2. The van der Waals surface area contributed by atoms with Gasteiger partial charge >= 0.3 is 5.97 Å². The summed E-state index contributed by atoms with van der Waals surface area (Å²) in [5.74, 6) is -3.05. The van der Waals surface area contributed by atoms with Gasteiger partial charge in [-0.3, -0.25) is 4.99 Å². The van der Waals surface area contributed by atoms with Crippen molar-refractivity contribution < 1.29 is 22.7 Å². The van der Waals surface area contributed by atoms with Crippen LogP contribution < -0.4 is 5.32 Å². The first kappa shape index (κ1) is 21.8. The summed E-state index contributed by atoms with van der Waals surface area (Å²) in [4.78, 5) is 22.6. The van der Waals surface area contributed by atoms with Gasteiger partial charge in [0.15, 0.2) is 11.7 Å². The standard InChI is InChI=1S/C20H18ClF3N4O2/c1-28(2)9-15-16(20(29)30-3)17(12-5-4-10(22)6-13(12)21)27-19(26-15)18-14(24)7-11(23)8-25-18/h4-8,17H,9H2,1-3H3,(H,26,27). The number of aliphatic imine (C=N–C) groups is 1. The third-order valence-electron chi connectivity index (χ3n) is 4.29. The van der Waals surface area contributed by atoms with E-state index in [-0.39, 0.29) is 28.7 Å². The number of pyridine rings is 1. The van der Waals surface area contributed by atoms with Crippen LogP contribution in [0.5, 0.6) is 0 Å². The van der Waals surface area contributed by atoms with Crippen LogP contribution in [0.25, 0.3) is 0 Å². The zero-order chi connectivity index (χ0) is 22.0. The van der Waals surface area contributed by atoms with Crippen molar-refractivity contribution in [1.82, 2.24) is 15.2 Å². The average Bonchev–Trinajstić information content (AvgIpc) is 2.66. The van der Waals surface area contributed by atoms with Crippen molar-refractivity contribution >= 4 is 23.4 Å². The van der Waals surface area contributed by atoms with E-state index in [2.05, 4.69) is 15.3 Å². The Kier molecular flexibility index (Phi) is 6.42. The van der Waals surface area contributed by atoms with E-state index < -0.39 is 29.5 Å². The lowest BCUT2D eigenvalue weighted by molar-refractivity contribution is -0.136. The average molecular weight is 439 g/mol. The number of halogens is 4. The zero-order valence-corrected chi connectivity index (χ0v) is 17.1. The lowest BCUT2D eigenvalue weighted by atomic mass is 9.95. The zero-order valence-electron chi connectivity index (χ0n) is 16.3. The topological polar surface area (TPSA) is 66.8 Å². The van der Waals surface area contributed by atoms with Crippen LogP contribution >= 0.6 is 11.6 Å². The van der Waals surface area contributed by atoms with Gasteiger partial charge in [0, 0.05) is 28.9 Å². The maximum atomic E-state index is 14.4. The van der Waals surface area contributed by atoms with Crippen LogP contribution in [0.4, 0.5) is 13.2 Å². The summed E-state index contributed by atoms with van der Waals surface area (Å²) >= 11 is 6.22. The third kappa shape index (κ3) is 4.47. The maximum Gasteiger partial charge on any atom is 0.338 e.